The van der Waals surface area contributed by atoms with Crippen molar-refractivity contribution in [2.75, 3.05) is 26.2 Å². The third-order valence-corrected chi connectivity index (χ3v) is 6.46. The number of aromatic nitrogens is 2. The molecular formula is C26H29ClN4O2. The minimum Gasteiger partial charge on any atom is -0.339 e. The second-order valence-corrected chi connectivity index (χ2v) is 8.76. The maximum absolute atomic E-state index is 13.2. The Morgan fingerprint density at radius 2 is 1.45 bits per heavy atom. The maximum atomic E-state index is 13.2. The first-order valence-electron chi connectivity index (χ1n) is 11.4. The zero-order valence-electron chi connectivity index (χ0n) is 18.9. The fourth-order valence-corrected chi connectivity index (χ4v) is 4.54. The molecule has 0 atom stereocenters. The van der Waals surface area contributed by atoms with Crippen molar-refractivity contribution in [1.82, 2.24) is 19.6 Å². The maximum Gasteiger partial charge on any atom is 0.259 e. The highest BCUT2D eigenvalue weighted by Crippen LogP contribution is 2.23. The van der Waals surface area contributed by atoms with Crippen molar-refractivity contribution in [3.05, 3.63) is 88.2 Å². The first-order valence-corrected chi connectivity index (χ1v) is 11.8. The summed E-state index contributed by atoms with van der Waals surface area (Å²) < 4.78 is 1.67. The van der Waals surface area contributed by atoms with Crippen molar-refractivity contribution in [3.8, 4) is 0 Å². The van der Waals surface area contributed by atoms with Gasteiger partial charge < -0.3 is 9.80 Å². The second kappa shape index (κ2) is 10.7. The molecule has 0 radical (unpaired) electrons. The number of hydrogen-bond donors (Lipinski definition) is 0. The molecule has 7 heteroatoms. The number of hydrogen-bond acceptors (Lipinski definition) is 3. The van der Waals surface area contributed by atoms with E-state index in [-0.39, 0.29) is 11.8 Å². The number of halogens is 1. The van der Waals surface area contributed by atoms with Gasteiger partial charge in [0.25, 0.3) is 5.91 Å². The van der Waals surface area contributed by atoms with Gasteiger partial charge in [-0.3, -0.25) is 9.59 Å². The summed E-state index contributed by atoms with van der Waals surface area (Å²) in [5, 5.41) is 4.86. The molecule has 2 amide bonds. The van der Waals surface area contributed by atoms with Crippen LogP contribution in [-0.4, -0.2) is 57.6 Å². The van der Waals surface area contributed by atoms with E-state index in [1.165, 1.54) is 5.56 Å². The molecule has 1 fully saturated rings. The summed E-state index contributed by atoms with van der Waals surface area (Å²) in [6, 6.07) is 20.1. The van der Waals surface area contributed by atoms with Crippen LogP contribution in [0.15, 0.2) is 60.7 Å². The lowest BCUT2D eigenvalue weighted by Crippen LogP contribution is -2.50. The van der Waals surface area contributed by atoms with Crippen LogP contribution in [0.1, 0.15) is 40.0 Å². The highest BCUT2D eigenvalue weighted by molar-refractivity contribution is 6.33. The monoisotopic (exact) mass is 464 g/mol. The Hall–Kier alpha value is -3.12. The van der Waals surface area contributed by atoms with Crippen molar-refractivity contribution in [2.24, 2.45) is 0 Å². The number of amides is 2. The van der Waals surface area contributed by atoms with E-state index in [4.69, 9.17) is 11.6 Å². The molecule has 2 aromatic carbocycles. The van der Waals surface area contributed by atoms with Gasteiger partial charge in [0.15, 0.2) is 0 Å². The van der Waals surface area contributed by atoms with Crippen LogP contribution >= 0.6 is 11.6 Å². The van der Waals surface area contributed by atoms with E-state index in [0.717, 1.165) is 18.4 Å². The van der Waals surface area contributed by atoms with E-state index < -0.39 is 0 Å². The molecule has 2 heterocycles. The lowest BCUT2D eigenvalue weighted by molar-refractivity contribution is -0.132. The molecule has 6 nitrogen and oxygen atoms in total. The fraction of sp³-hybridized carbons (Fsp3) is 0.346. The van der Waals surface area contributed by atoms with Crippen molar-refractivity contribution in [3.63, 3.8) is 0 Å². The number of benzene rings is 2. The Morgan fingerprint density at radius 1 is 0.879 bits per heavy atom. The van der Waals surface area contributed by atoms with Gasteiger partial charge in [-0.1, -0.05) is 72.3 Å². The van der Waals surface area contributed by atoms with Crippen LogP contribution in [0.5, 0.6) is 0 Å². The van der Waals surface area contributed by atoms with Crippen LogP contribution in [0.4, 0.5) is 0 Å². The van der Waals surface area contributed by atoms with Gasteiger partial charge >= 0.3 is 0 Å². The number of rotatable bonds is 7. The summed E-state index contributed by atoms with van der Waals surface area (Å²) >= 11 is 6.57. The minimum atomic E-state index is -0.118. The summed E-state index contributed by atoms with van der Waals surface area (Å²) in [7, 11) is 0. The SMILES string of the molecule is Cc1nn(Cc2ccccc2)c(Cl)c1C(=O)N1CCN(C(=O)CCCc2ccccc2)CC1. The lowest BCUT2D eigenvalue weighted by atomic mass is 10.1. The molecule has 33 heavy (non-hydrogen) atoms. The van der Waals surface area contributed by atoms with E-state index in [2.05, 4.69) is 17.2 Å². The third-order valence-electron chi connectivity index (χ3n) is 6.07. The van der Waals surface area contributed by atoms with Gasteiger partial charge in [0.1, 0.15) is 5.15 Å². The first kappa shape index (κ1) is 23.1. The van der Waals surface area contributed by atoms with Crippen molar-refractivity contribution in [1.29, 1.82) is 0 Å². The van der Waals surface area contributed by atoms with E-state index in [9.17, 15) is 9.59 Å². The molecule has 0 N–H and O–H groups in total. The van der Waals surface area contributed by atoms with E-state index >= 15 is 0 Å². The number of carbonyl (C=O) groups excluding carboxylic acids is 2. The molecule has 3 aromatic rings. The summed E-state index contributed by atoms with van der Waals surface area (Å²) in [4.78, 5) is 29.4. The molecule has 0 aliphatic carbocycles. The van der Waals surface area contributed by atoms with Crippen LogP contribution in [0, 0.1) is 6.92 Å². The smallest absolute Gasteiger partial charge is 0.259 e. The Morgan fingerprint density at radius 3 is 2.09 bits per heavy atom. The molecule has 4 rings (SSSR count). The van der Waals surface area contributed by atoms with Gasteiger partial charge in [0, 0.05) is 32.6 Å². The zero-order valence-corrected chi connectivity index (χ0v) is 19.7. The highest BCUT2D eigenvalue weighted by atomic mass is 35.5. The van der Waals surface area contributed by atoms with Gasteiger partial charge in [-0.25, -0.2) is 4.68 Å². The molecule has 0 bridgehead atoms. The zero-order chi connectivity index (χ0) is 23.2. The molecule has 0 spiro atoms. The molecule has 1 saturated heterocycles. The molecule has 1 aliphatic rings. The summed E-state index contributed by atoms with van der Waals surface area (Å²) in [5.41, 5.74) is 3.40. The number of nitrogens with zero attached hydrogens (tertiary/aromatic N) is 4. The summed E-state index contributed by atoms with van der Waals surface area (Å²) in [6.45, 7) is 4.42. The number of aryl methyl sites for hydroxylation is 2. The van der Waals surface area contributed by atoms with Crippen LogP contribution in [0.25, 0.3) is 0 Å². The van der Waals surface area contributed by atoms with E-state index in [1.807, 2.05) is 60.4 Å². The lowest BCUT2D eigenvalue weighted by Gasteiger charge is -2.35. The van der Waals surface area contributed by atoms with Crippen LogP contribution in [0.3, 0.4) is 0 Å². The Kier molecular flexibility index (Phi) is 7.45. The fourth-order valence-electron chi connectivity index (χ4n) is 4.22. The average molecular weight is 465 g/mol. The molecule has 0 unspecified atom stereocenters. The summed E-state index contributed by atoms with van der Waals surface area (Å²) in [6.07, 6.45) is 2.26. The Balaban J connectivity index is 1.30. The predicted octanol–water partition coefficient (Wildman–Crippen LogP) is 4.20. The standard InChI is InChI=1S/C26H29ClN4O2/c1-20-24(25(27)31(28-20)19-22-11-6-3-7-12-22)26(33)30-17-15-29(16-18-30)23(32)14-8-13-21-9-4-2-5-10-21/h2-7,9-12H,8,13-19H2,1H3. The molecule has 0 saturated carbocycles. The van der Waals surface area contributed by atoms with Crippen LogP contribution in [0.2, 0.25) is 5.15 Å². The van der Waals surface area contributed by atoms with E-state index in [0.29, 0.717) is 55.6 Å². The summed E-state index contributed by atoms with van der Waals surface area (Å²) in [5.74, 6) is 0.0379. The van der Waals surface area contributed by atoms with E-state index in [1.54, 1.807) is 9.58 Å². The highest BCUT2D eigenvalue weighted by Gasteiger charge is 2.29. The van der Waals surface area contributed by atoms with Gasteiger partial charge in [-0.15, -0.1) is 0 Å². The minimum absolute atomic E-state index is 0.118. The second-order valence-electron chi connectivity index (χ2n) is 8.41. The molecular weight excluding hydrogens is 436 g/mol. The van der Waals surface area contributed by atoms with Crippen molar-refractivity contribution in [2.45, 2.75) is 32.7 Å². The topological polar surface area (TPSA) is 58.4 Å². The molecule has 1 aliphatic heterocycles. The predicted molar refractivity (Wildman–Crippen MR) is 129 cm³/mol. The van der Waals surface area contributed by atoms with Gasteiger partial charge in [-0.2, -0.15) is 5.10 Å². The number of carbonyl (C=O) groups is 2. The molecule has 1 aromatic heterocycles. The molecule has 172 valence electrons. The Bertz CT molecular complexity index is 1090. The van der Waals surface area contributed by atoms with Crippen LogP contribution in [-0.2, 0) is 17.8 Å². The van der Waals surface area contributed by atoms with Crippen molar-refractivity contribution < 1.29 is 9.59 Å². The largest absolute Gasteiger partial charge is 0.339 e. The first-order chi connectivity index (χ1) is 16.0. The average Bonchev–Trinajstić information content (AvgIpc) is 3.12. The van der Waals surface area contributed by atoms with Gasteiger partial charge in [0.05, 0.1) is 17.8 Å². The Labute approximate surface area is 199 Å². The van der Waals surface area contributed by atoms with Crippen molar-refractivity contribution >= 4 is 23.4 Å². The normalized spacial score (nSPS) is 13.9. The van der Waals surface area contributed by atoms with Crippen LogP contribution < -0.4 is 0 Å². The third kappa shape index (κ3) is 5.63. The number of piperazine rings is 1. The van der Waals surface area contributed by atoms with Gasteiger partial charge in [0.2, 0.25) is 5.91 Å². The van der Waals surface area contributed by atoms with Gasteiger partial charge in [-0.05, 0) is 30.9 Å². The quantitative estimate of drug-likeness (QED) is 0.526.